The van der Waals surface area contributed by atoms with E-state index in [-0.39, 0.29) is 12.5 Å². The lowest BCUT2D eigenvalue weighted by Crippen LogP contribution is -2.21. The van der Waals surface area contributed by atoms with Crippen LogP contribution in [0.3, 0.4) is 0 Å². The van der Waals surface area contributed by atoms with Crippen LogP contribution >= 0.6 is 11.3 Å². The first-order chi connectivity index (χ1) is 11.5. The minimum Gasteiger partial charge on any atom is -0.322 e. The molecule has 0 radical (unpaired) electrons. The van der Waals surface area contributed by atoms with Gasteiger partial charge in [-0.15, -0.1) is 11.3 Å². The number of carbonyl (C=O) groups is 1. The molecule has 3 rings (SSSR count). The van der Waals surface area contributed by atoms with E-state index < -0.39 is 0 Å². The van der Waals surface area contributed by atoms with E-state index >= 15 is 0 Å². The van der Waals surface area contributed by atoms with Gasteiger partial charge in [0.2, 0.25) is 5.91 Å². The van der Waals surface area contributed by atoms with Crippen LogP contribution in [0.25, 0.3) is 22.4 Å². The van der Waals surface area contributed by atoms with Crippen molar-refractivity contribution in [1.29, 1.82) is 0 Å². The zero-order chi connectivity index (χ0) is 17.1. The fraction of sp³-hybridized carbons (Fsp3) is 0.167. The first-order valence-electron chi connectivity index (χ1n) is 7.56. The summed E-state index contributed by atoms with van der Waals surface area (Å²) in [4.78, 5) is 20.2. The van der Waals surface area contributed by atoms with Crippen LogP contribution in [-0.4, -0.2) is 22.4 Å². The van der Waals surface area contributed by atoms with Crippen LogP contribution in [-0.2, 0) is 4.79 Å². The lowest BCUT2D eigenvalue weighted by molar-refractivity contribution is -0.114. The van der Waals surface area contributed by atoms with Gasteiger partial charge in [0.1, 0.15) is 0 Å². The molecule has 122 valence electrons. The van der Waals surface area contributed by atoms with Gasteiger partial charge in [0.15, 0.2) is 5.13 Å². The number of rotatable bonds is 4. The van der Waals surface area contributed by atoms with Crippen LogP contribution in [0.15, 0.2) is 41.8 Å². The third-order valence-electron chi connectivity index (χ3n) is 3.51. The van der Waals surface area contributed by atoms with E-state index in [1.807, 2.05) is 31.4 Å². The number of aromatic nitrogens is 2. The Hall–Kier alpha value is -2.57. The smallest absolute Gasteiger partial charge is 0.239 e. The molecule has 0 aliphatic carbocycles. The summed E-state index contributed by atoms with van der Waals surface area (Å²) in [6.07, 6.45) is 0. The first kappa shape index (κ1) is 16.3. The van der Waals surface area contributed by atoms with Crippen LogP contribution < -0.4 is 11.1 Å². The third kappa shape index (κ3) is 3.67. The Kier molecular flexibility index (Phi) is 4.69. The summed E-state index contributed by atoms with van der Waals surface area (Å²) in [5.74, 6) is -0.243. The van der Waals surface area contributed by atoms with Crippen molar-refractivity contribution in [3.63, 3.8) is 0 Å². The van der Waals surface area contributed by atoms with Crippen molar-refractivity contribution >= 4 is 22.4 Å². The van der Waals surface area contributed by atoms with Gasteiger partial charge in [-0.1, -0.05) is 18.2 Å². The number of aryl methyl sites for hydroxylation is 2. The number of hydrogen-bond acceptors (Lipinski definition) is 5. The maximum absolute atomic E-state index is 11.4. The highest BCUT2D eigenvalue weighted by Crippen LogP contribution is 2.29. The fourth-order valence-corrected chi connectivity index (χ4v) is 3.23. The SMILES string of the molecule is Cc1cc(-c2cccc(-c3csc(NC(=O)CN)n3)c2)cc(C)n1. The molecule has 1 aromatic carbocycles. The molecule has 0 saturated heterocycles. The van der Waals surface area contributed by atoms with Gasteiger partial charge >= 0.3 is 0 Å². The van der Waals surface area contributed by atoms with Crippen molar-refractivity contribution in [3.8, 4) is 22.4 Å². The fourth-order valence-electron chi connectivity index (χ4n) is 2.49. The molecule has 3 N–H and O–H groups in total. The van der Waals surface area contributed by atoms with Crippen molar-refractivity contribution < 1.29 is 4.79 Å². The van der Waals surface area contributed by atoms with Crippen molar-refractivity contribution in [2.24, 2.45) is 5.73 Å². The number of pyridine rings is 1. The number of thiazole rings is 1. The number of carbonyl (C=O) groups excluding carboxylic acids is 1. The summed E-state index contributed by atoms with van der Waals surface area (Å²) in [6.45, 7) is 3.94. The Morgan fingerprint density at radius 1 is 1.08 bits per heavy atom. The van der Waals surface area contributed by atoms with E-state index in [9.17, 15) is 4.79 Å². The van der Waals surface area contributed by atoms with E-state index in [4.69, 9.17) is 5.73 Å². The van der Waals surface area contributed by atoms with Gasteiger partial charge in [-0.3, -0.25) is 9.78 Å². The number of hydrogen-bond donors (Lipinski definition) is 2. The average molecular weight is 338 g/mol. The summed E-state index contributed by atoms with van der Waals surface area (Å²) >= 11 is 1.39. The maximum Gasteiger partial charge on any atom is 0.239 e. The number of nitrogens with one attached hydrogen (secondary N) is 1. The minimum atomic E-state index is -0.243. The molecule has 0 unspecified atom stereocenters. The molecule has 2 aromatic heterocycles. The van der Waals surface area contributed by atoms with Gasteiger partial charge in [-0.25, -0.2) is 4.98 Å². The van der Waals surface area contributed by atoms with Gasteiger partial charge in [-0.2, -0.15) is 0 Å². The monoisotopic (exact) mass is 338 g/mol. The highest BCUT2D eigenvalue weighted by molar-refractivity contribution is 7.14. The van der Waals surface area contributed by atoms with Crippen molar-refractivity contribution in [2.45, 2.75) is 13.8 Å². The van der Waals surface area contributed by atoms with Crippen molar-refractivity contribution in [2.75, 3.05) is 11.9 Å². The quantitative estimate of drug-likeness (QED) is 0.764. The Labute approximate surface area is 144 Å². The van der Waals surface area contributed by atoms with Gasteiger partial charge in [0, 0.05) is 22.3 Å². The number of benzene rings is 1. The van der Waals surface area contributed by atoms with Gasteiger partial charge in [0.25, 0.3) is 0 Å². The van der Waals surface area contributed by atoms with Gasteiger partial charge in [-0.05, 0) is 43.2 Å². The van der Waals surface area contributed by atoms with E-state index in [1.165, 1.54) is 11.3 Å². The summed E-state index contributed by atoms with van der Waals surface area (Å²) in [5, 5.41) is 5.16. The highest BCUT2D eigenvalue weighted by atomic mass is 32.1. The Balaban J connectivity index is 1.92. The molecule has 2 heterocycles. The molecule has 0 bridgehead atoms. The lowest BCUT2D eigenvalue weighted by atomic mass is 10.0. The van der Waals surface area contributed by atoms with E-state index in [0.29, 0.717) is 5.13 Å². The molecular formula is C18H18N4OS. The van der Waals surface area contributed by atoms with Crippen LogP contribution in [0.5, 0.6) is 0 Å². The molecule has 6 heteroatoms. The molecule has 0 atom stereocenters. The molecular weight excluding hydrogens is 320 g/mol. The molecule has 24 heavy (non-hydrogen) atoms. The molecule has 0 spiro atoms. The predicted molar refractivity (Wildman–Crippen MR) is 97.9 cm³/mol. The molecule has 0 aliphatic heterocycles. The minimum absolute atomic E-state index is 0.0505. The highest BCUT2D eigenvalue weighted by Gasteiger charge is 2.08. The van der Waals surface area contributed by atoms with E-state index in [1.54, 1.807) is 0 Å². The summed E-state index contributed by atoms with van der Waals surface area (Å²) in [5.41, 5.74) is 11.4. The number of nitrogens with two attached hydrogens (primary N) is 1. The molecule has 0 saturated carbocycles. The number of anilines is 1. The first-order valence-corrected chi connectivity index (χ1v) is 8.44. The molecule has 0 aliphatic rings. The molecule has 1 amide bonds. The van der Waals surface area contributed by atoms with Crippen LogP contribution in [0.1, 0.15) is 11.4 Å². The predicted octanol–water partition coefficient (Wildman–Crippen LogP) is 3.39. The normalized spacial score (nSPS) is 10.6. The average Bonchev–Trinajstić information content (AvgIpc) is 3.02. The van der Waals surface area contributed by atoms with Gasteiger partial charge in [0.05, 0.1) is 12.2 Å². The zero-order valence-corrected chi connectivity index (χ0v) is 14.4. The van der Waals surface area contributed by atoms with Crippen LogP contribution in [0.2, 0.25) is 0 Å². The number of amides is 1. The Morgan fingerprint density at radius 3 is 2.50 bits per heavy atom. The topological polar surface area (TPSA) is 80.9 Å². The second-order valence-corrected chi connectivity index (χ2v) is 6.37. The number of nitrogens with zero attached hydrogens (tertiary/aromatic N) is 2. The second-order valence-electron chi connectivity index (χ2n) is 5.51. The summed E-state index contributed by atoms with van der Waals surface area (Å²) in [6, 6.07) is 12.3. The van der Waals surface area contributed by atoms with Crippen LogP contribution in [0.4, 0.5) is 5.13 Å². The van der Waals surface area contributed by atoms with E-state index in [0.717, 1.165) is 33.8 Å². The second kappa shape index (κ2) is 6.90. The summed E-state index contributed by atoms with van der Waals surface area (Å²) < 4.78 is 0. The van der Waals surface area contributed by atoms with Gasteiger partial charge < -0.3 is 11.1 Å². The van der Waals surface area contributed by atoms with Crippen LogP contribution in [0, 0.1) is 13.8 Å². The summed E-state index contributed by atoms with van der Waals surface area (Å²) in [7, 11) is 0. The molecule has 5 nitrogen and oxygen atoms in total. The van der Waals surface area contributed by atoms with E-state index in [2.05, 4.69) is 39.6 Å². The van der Waals surface area contributed by atoms with Crippen molar-refractivity contribution in [1.82, 2.24) is 9.97 Å². The molecule has 0 fully saturated rings. The third-order valence-corrected chi connectivity index (χ3v) is 4.27. The standard InChI is InChI=1S/C18H18N4OS/c1-11-6-15(7-12(2)20-11)13-4-3-5-14(8-13)16-10-24-18(21-16)22-17(23)9-19/h3-8,10H,9,19H2,1-2H3,(H,21,22,23). The zero-order valence-electron chi connectivity index (χ0n) is 13.5. The maximum atomic E-state index is 11.4. The molecule has 3 aromatic rings. The lowest BCUT2D eigenvalue weighted by Gasteiger charge is -2.06. The Morgan fingerprint density at radius 2 is 1.79 bits per heavy atom. The Bertz CT molecular complexity index is 868. The van der Waals surface area contributed by atoms with Crippen molar-refractivity contribution in [3.05, 3.63) is 53.2 Å². The largest absolute Gasteiger partial charge is 0.322 e.